The van der Waals surface area contributed by atoms with Gasteiger partial charge in [-0.2, -0.15) is 5.26 Å². The highest BCUT2D eigenvalue weighted by atomic mass is 79.9. The molecule has 0 radical (unpaired) electrons. The maximum atomic E-state index is 11.7. The first-order valence-electron chi connectivity index (χ1n) is 4.74. The number of benzene rings is 1. The van der Waals surface area contributed by atoms with Gasteiger partial charge in [-0.3, -0.25) is 4.79 Å². The lowest BCUT2D eigenvalue weighted by atomic mass is 10.2. The van der Waals surface area contributed by atoms with E-state index in [1.807, 2.05) is 13.0 Å². The van der Waals surface area contributed by atoms with Gasteiger partial charge in [0.05, 0.1) is 11.1 Å². The first-order chi connectivity index (χ1) is 7.58. The van der Waals surface area contributed by atoms with Gasteiger partial charge in [0.15, 0.2) is 0 Å². The monoisotopic (exact) mass is 300 g/mol. The molecule has 1 rings (SSSR count). The van der Waals surface area contributed by atoms with E-state index in [-0.39, 0.29) is 5.91 Å². The number of nitrogens with zero attached hydrogens (tertiary/aromatic N) is 1. The molecule has 0 saturated heterocycles. The van der Waals surface area contributed by atoms with Crippen molar-refractivity contribution in [1.29, 1.82) is 5.26 Å². The lowest BCUT2D eigenvalue weighted by Gasteiger charge is -2.09. The fourth-order valence-electron chi connectivity index (χ4n) is 1.10. The minimum Gasteiger partial charge on any atom is -0.336 e. The number of carbonyl (C=O) groups excluding carboxylic acids is 1. The van der Waals surface area contributed by atoms with Crippen molar-refractivity contribution in [2.24, 2.45) is 0 Å². The van der Waals surface area contributed by atoms with E-state index in [0.717, 1.165) is 4.47 Å². The van der Waals surface area contributed by atoms with Crippen LogP contribution in [0.5, 0.6) is 0 Å². The van der Waals surface area contributed by atoms with Crippen molar-refractivity contribution in [3.8, 4) is 6.07 Å². The van der Waals surface area contributed by atoms with Crippen molar-refractivity contribution in [3.63, 3.8) is 0 Å². The van der Waals surface area contributed by atoms with Crippen molar-refractivity contribution in [2.45, 2.75) is 19.4 Å². The molecule has 1 amide bonds. The van der Waals surface area contributed by atoms with Crippen molar-refractivity contribution in [2.75, 3.05) is 0 Å². The summed E-state index contributed by atoms with van der Waals surface area (Å²) in [6.07, 6.45) is 0.576. The molecule has 0 aliphatic rings. The number of amides is 1. The highest BCUT2D eigenvalue weighted by molar-refractivity contribution is 9.10. The zero-order valence-corrected chi connectivity index (χ0v) is 11.0. The Hall–Kier alpha value is -1.05. The standard InChI is InChI=1S/C11H10BrClN2O/c1-2-8(6-14)15-11(16)7-3-4-9(12)10(13)5-7/h3-5,8H,2H2,1H3,(H,15,16)/t8-/m0/s1. The molecule has 5 heteroatoms. The number of nitrogens with one attached hydrogen (secondary N) is 1. The van der Waals surface area contributed by atoms with Crippen LogP contribution in [0, 0.1) is 11.3 Å². The predicted molar refractivity (Wildman–Crippen MR) is 66.3 cm³/mol. The topological polar surface area (TPSA) is 52.9 Å². The second-order valence-corrected chi connectivity index (χ2v) is 4.45. The normalized spacial score (nSPS) is 11.6. The third-order valence-corrected chi connectivity index (χ3v) is 3.28. The Morgan fingerprint density at radius 1 is 1.69 bits per heavy atom. The van der Waals surface area contributed by atoms with Gasteiger partial charge in [-0.05, 0) is 40.5 Å². The lowest BCUT2D eigenvalue weighted by molar-refractivity contribution is 0.0944. The highest BCUT2D eigenvalue weighted by Crippen LogP contribution is 2.23. The Labute approximate surface area is 108 Å². The quantitative estimate of drug-likeness (QED) is 0.932. The summed E-state index contributed by atoms with van der Waals surface area (Å²) in [7, 11) is 0. The van der Waals surface area contributed by atoms with Gasteiger partial charge in [0.2, 0.25) is 0 Å². The molecule has 0 aliphatic heterocycles. The molecular formula is C11H10BrClN2O. The fraction of sp³-hybridized carbons (Fsp3) is 0.273. The molecule has 0 heterocycles. The molecule has 0 fully saturated rings. The molecule has 1 N–H and O–H groups in total. The molecule has 16 heavy (non-hydrogen) atoms. The summed E-state index contributed by atoms with van der Waals surface area (Å²) in [5.41, 5.74) is 0.446. The number of halogens is 2. The van der Waals surface area contributed by atoms with Crippen molar-refractivity contribution in [3.05, 3.63) is 33.3 Å². The molecule has 0 saturated carbocycles. The van der Waals surface area contributed by atoms with Crippen LogP contribution in [0.25, 0.3) is 0 Å². The maximum absolute atomic E-state index is 11.7. The Bertz CT molecular complexity index is 442. The third kappa shape index (κ3) is 3.22. The molecule has 1 aromatic carbocycles. The van der Waals surface area contributed by atoms with Gasteiger partial charge < -0.3 is 5.32 Å². The smallest absolute Gasteiger partial charge is 0.252 e. The van der Waals surface area contributed by atoms with Crippen LogP contribution in [0.4, 0.5) is 0 Å². The van der Waals surface area contributed by atoms with Gasteiger partial charge in [-0.1, -0.05) is 18.5 Å². The first-order valence-corrected chi connectivity index (χ1v) is 5.91. The summed E-state index contributed by atoms with van der Waals surface area (Å²) in [5.74, 6) is -0.289. The third-order valence-electron chi connectivity index (χ3n) is 2.05. The minimum absolute atomic E-state index is 0.289. The van der Waals surface area contributed by atoms with Crippen LogP contribution in [0.15, 0.2) is 22.7 Å². The Balaban J connectivity index is 2.81. The molecular weight excluding hydrogens is 291 g/mol. The van der Waals surface area contributed by atoms with E-state index in [1.165, 1.54) is 0 Å². The average Bonchev–Trinajstić information content (AvgIpc) is 2.29. The van der Waals surface area contributed by atoms with Crippen LogP contribution in [0.3, 0.4) is 0 Å². The molecule has 0 spiro atoms. The van der Waals surface area contributed by atoms with E-state index in [9.17, 15) is 4.79 Å². The van der Waals surface area contributed by atoms with E-state index >= 15 is 0 Å². The van der Waals surface area contributed by atoms with Gasteiger partial charge in [0.1, 0.15) is 6.04 Å². The Morgan fingerprint density at radius 2 is 2.38 bits per heavy atom. The molecule has 84 valence electrons. The second kappa shape index (κ2) is 5.88. The second-order valence-electron chi connectivity index (χ2n) is 3.19. The largest absolute Gasteiger partial charge is 0.336 e. The van der Waals surface area contributed by atoms with Crippen molar-refractivity contribution < 1.29 is 4.79 Å². The molecule has 1 aromatic rings. The molecule has 0 aliphatic carbocycles. The zero-order valence-electron chi connectivity index (χ0n) is 8.63. The number of hydrogen-bond acceptors (Lipinski definition) is 2. The van der Waals surface area contributed by atoms with Crippen LogP contribution in [-0.2, 0) is 0 Å². The van der Waals surface area contributed by atoms with E-state index < -0.39 is 6.04 Å². The van der Waals surface area contributed by atoms with Gasteiger partial charge in [0.25, 0.3) is 5.91 Å². The van der Waals surface area contributed by atoms with Gasteiger partial charge in [0, 0.05) is 10.0 Å². The lowest BCUT2D eigenvalue weighted by Crippen LogP contribution is -2.33. The van der Waals surface area contributed by atoms with Gasteiger partial charge in [-0.15, -0.1) is 0 Å². The summed E-state index contributed by atoms with van der Waals surface area (Å²) in [5, 5.41) is 11.8. The number of hydrogen-bond donors (Lipinski definition) is 1. The van der Waals surface area contributed by atoms with Crippen molar-refractivity contribution in [1.82, 2.24) is 5.32 Å². The predicted octanol–water partition coefficient (Wildman–Crippen LogP) is 3.13. The molecule has 0 bridgehead atoms. The number of nitriles is 1. The van der Waals surface area contributed by atoms with E-state index in [0.29, 0.717) is 17.0 Å². The van der Waals surface area contributed by atoms with Crippen LogP contribution in [-0.4, -0.2) is 11.9 Å². The van der Waals surface area contributed by atoms with Crippen molar-refractivity contribution >= 4 is 33.4 Å². The minimum atomic E-state index is -0.463. The fourth-order valence-corrected chi connectivity index (χ4v) is 1.53. The van der Waals surface area contributed by atoms with Crippen LogP contribution < -0.4 is 5.32 Å². The van der Waals surface area contributed by atoms with Gasteiger partial charge in [-0.25, -0.2) is 0 Å². The summed E-state index contributed by atoms with van der Waals surface area (Å²) >= 11 is 9.11. The zero-order chi connectivity index (χ0) is 12.1. The van der Waals surface area contributed by atoms with E-state index in [2.05, 4.69) is 21.2 Å². The summed E-state index contributed by atoms with van der Waals surface area (Å²) in [6, 6.07) is 6.45. The number of rotatable bonds is 3. The van der Waals surface area contributed by atoms with E-state index in [1.54, 1.807) is 18.2 Å². The van der Waals surface area contributed by atoms with Gasteiger partial charge >= 0.3 is 0 Å². The summed E-state index contributed by atoms with van der Waals surface area (Å²) < 4.78 is 0.734. The number of carbonyl (C=O) groups is 1. The van der Waals surface area contributed by atoms with E-state index in [4.69, 9.17) is 16.9 Å². The Morgan fingerprint density at radius 3 is 2.88 bits per heavy atom. The molecule has 0 unspecified atom stereocenters. The van der Waals surface area contributed by atoms with Crippen LogP contribution in [0.1, 0.15) is 23.7 Å². The molecule has 1 atom stereocenters. The average molecular weight is 302 g/mol. The Kier molecular flexibility index (Phi) is 4.78. The van der Waals surface area contributed by atoms with Crippen LogP contribution in [0.2, 0.25) is 5.02 Å². The highest BCUT2D eigenvalue weighted by Gasteiger charge is 2.12. The molecule has 0 aromatic heterocycles. The summed E-state index contributed by atoms with van der Waals surface area (Å²) in [6.45, 7) is 1.84. The SMILES string of the molecule is CC[C@@H](C#N)NC(=O)c1ccc(Br)c(Cl)c1. The first kappa shape index (κ1) is 13.0. The maximum Gasteiger partial charge on any atom is 0.252 e. The van der Waals surface area contributed by atoms with Crippen LogP contribution >= 0.6 is 27.5 Å². The summed E-state index contributed by atoms with van der Waals surface area (Å²) in [4.78, 5) is 11.7. The molecule has 3 nitrogen and oxygen atoms in total.